The number of nitrogens with one attached hydrogen (secondary N) is 1. The van der Waals surface area contributed by atoms with Gasteiger partial charge in [0.15, 0.2) is 5.82 Å². The lowest BCUT2D eigenvalue weighted by molar-refractivity contribution is -0.387. The van der Waals surface area contributed by atoms with Crippen LogP contribution in [-0.4, -0.2) is 13.3 Å². The molecule has 0 aromatic heterocycles. The van der Waals surface area contributed by atoms with E-state index in [0.29, 0.717) is 12.1 Å². The lowest BCUT2D eigenvalue weighted by Gasteiger charge is -2.09. The molecule has 0 bridgehead atoms. The summed E-state index contributed by atoms with van der Waals surface area (Å²) in [5.41, 5.74) is -1.78. The van der Waals surface area contributed by atoms with Crippen LogP contribution < -0.4 is 4.72 Å². The highest BCUT2D eigenvalue weighted by Crippen LogP contribution is 2.26. The number of hydrogen-bond acceptors (Lipinski definition) is 4. The highest BCUT2D eigenvalue weighted by Gasteiger charge is 2.22. The van der Waals surface area contributed by atoms with Crippen LogP contribution in [0.4, 0.5) is 20.2 Å². The molecule has 0 saturated heterocycles. The highest BCUT2D eigenvalue weighted by atomic mass is 32.2. The van der Waals surface area contributed by atoms with E-state index in [0.717, 1.165) is 0 Å². The molecule has 0 radical (unpaired) electrons. The molecule has 2 aromatic carbocycles. The summed E-state index contributed by atoms with van der Waals surface area (Å²) < 4.78 is 52.8. The highest BCUT2D eigenvalue weighted by molar-refractivity contribution is 7.92. The number of benzene rings is 2. The summed E-state index contributed by atoms with van der Waals surface area (Å²) in [4.78, 5) is 9.20. The lowest BCUT2D eigenvalue weighted by Crippen LogP contribution is -2.14. The topological polar surface area (TPSA) is 89.3 Å². The molecule has 0 amide bonds. The van der Waals surface area contributed by atoms with Crippen molar-refractivity contribution in [2.24, 2.45) is 0 Å². The third-order valence-corrected chi connectivity index (χ3v) is 3.91. The zero-order valence-electron chi connectivity index (χ0n) is 10.3. The van der Waals surface area contributed by atoms with Gasteiger partial charge < -0.3 is 0 Å². The van der Waals surface area contributed by atoms with Crippen molar-refractivity contribution < 1.29 is 22.1 Å². The Morgan fingerprint density at radius 1 is 1.05 bits per heavy atom. The molecule has 21 heavy (non-hydrogen) atoms. The van der Waals surface area contributed by atoms with Crippen LogP contribution in [0, 0.1) is 21.7 Å². The van der Waals surface area contributed by atoms with Crippen molar-refractivity contribution in [3.8, 4) is 0 Å². The second-order valence-corrected chi connectivity index (χ2v) is 5.64. The molecule has 0 saturated carbocycles. The van der Waals surface area contributed by atoms with Crippen molar-refractivity contribution in [1.82, 2.24) is 0 Å². The van der Waals surface area contributed by atoms with E-state index in [9.17, 15) is 27.3 Å². The van der Waals surface area contributed by atoms with Gasteiger partial charge in [0.2, 0.25) is 5.82 Å². The summed E-state index contributed by atoms with van der Waals surface area (Å²) in [6, 6.07) is 7.78. The van der Waals surface area contributed by atoms with Gasteiger partial charge in [-0.25, -0.2) is 12.8 Å². The van der Waals surface area contributed by atoms with E-state index in [1.54, 1.807) is 6.07 Å². The van der Waals surface area contributed by atoms with Crippen LogP contribution in [0.2, 0.25) is 0 Å². The van der Waals surface area contributed by atoms with Gasteiger partial charge in [-0.2, -0.15) is 4.39 Å². The fourth-order valence-electron chi connectivity index (χ4n) is 1.56. The van der Waals surface area contributed by atoms with Crippen LogP contribution in [0.3, 0.4) is 0 Å². The summed E-state index contributed by atoms with van der Waals surface area (Å²) in [5, 5.41) is 10.5. The van der Waals surface area contributed by atoms with Gasteiger partial charge in [-0.3, -0.25) is 14.8 Å². The predicted molar refractivity (Wildman–Crippen MR) is 70.3 cm³/mol. The first-order chi connectivity index (χ1) is 9.81. The zero-order valence-corrected chi connectivity index (χ0v) is 11.1. The van der Waals surface area contributed by atoms with E-state index < -0.39 is 38.0 Å². The van der Waals surface area contributed by atoms with Crippen LogP contribution in [0.1, 0.15) is 0 Å². The number of halogens is 2. The normalized spacial score (nSPS) is 11.1. The smallest absolute Gasteiger partial charge is 0.277 e. The van der Waals surface area contributed by atoms with E-state index in [2.05, 4.69) is 0 Å². The van der Waals surface area contributed by atoms with Gasteiger partial charge in [0, 0.05) is 6.07 Å². The van der Waals surface area contributed by atoms with Crippen molar-refractivity contribution in [3.63, 3.8) is 0 Å². The van der Waals surface area contributed by atoms with E-state index >= 15 is 0 Å². The van der Waals surface area contributed by atoms with E-state index in [-0.39, 0.29) is 4.90 Å². The number of sulfonamides is 1. The molecule has 0 aliphatic carbocycles. The molecule has 0 spiro atoms. The van der Waals surface area contributed by atoms with Crippen molar-refractivity contribution in [3.05, 3.63) is 64.2 Å². The van der Waals surface area contributed by atoms with Gasteiger partial charge in [-0.05, 0) is 12.1 Å². The van der Waals surface area contributed by atoms with Gasteiger partial charge >= 0.3 is 5.69 Å². The number of nitro groups is 1. The van der Waals surface area contributed by atoms with E-state index in [1.807, 2.05) is 4.72 Å². The first-order valence-corrected chi connectivity index (χ1v) is 7.01. The molecular weight excluding hydrogens is 306 g/mol. The first-order valence-electron chi connectivity index (χ1n) is 5.52. The quantitative estimate of drug-likeness (QED) is 0.694. The average Bonchev–Trinajstić information content (AvgIpc) is 2.43. The molecular formula is C12H8F2N2O4S. The van der Waals surface area contributed by atoms with E-state index in [4.69, 9.17) is 0 Å². The molecule has 9 heteroatoms. The fourth-order valence-corrected chi connectivity index (χ4v) is 2.64. The Balaban J connectivity index is 2.41. The third kappa shape index (κ3) is 3.14. The lowest BCUT2D eigenvalue weighted by atomic mass is 10.2. The third-order valence-electron chi connectivity index (χ3n) is 2.53. The zero-order chi connectivity index (χ0) is 15.6. The maximum absolute atomic E-state index is 13.6. The second-order valence-electron chi connectivity index (χ2n) is 3.96. The van der Waals surface area contributed by atoms with Gasteiger partial charge in [0.05, 0.1) is 21.6 Å². The van der Waals surface area contributed by atoms with E-state index in [1.165, 1.54) is 24.3 Å². The molecule has 0 aliphatic heterocycles. The summed E-state index contributed by atoms with van der Waals surface area (Å²) in [6.07, 6.45) is 0. The molecule has 2 rings (SSSR count). The summed E-state index contributed by atoms with van der Waals surface area (Å²) in [5.74, 6) is -2.59. The molecule has 1 N–H and O–H groups in total. The Hall–Kier alpha value is -2.55. The number of nitrogens with zero attached hydrogens (tertiary/aromatic N) is 1. The van der Waals surface area contributed by atoms with Crippen LogP contribution in [0.25, 0.3) is 0 Å². The Labute approximate surface area is 118 Å². The van der Waals surface area contributed by atoms with Crippen LogP contribution in [0.15, 0.2) is 47.4 Å². The second kappa shape index (κ2) is 5.44. The molecule has 110 valence electrons. The summed E-state index contributed by atoms with van der Waals surface area (Å²) in [7, 11) is -4.11. The Kier molecular flexibility index (Phi) is 3.85. The van der Waals surface area contributed by atoms with Crippen LogP contribution in [0.5, 0.6) is 0 Å². The fraction of sp³-hybridized carbons (Fsp3) is 0. The summed E-state index contributed by atoms with van der Waals surface area (Å²) >= 11 is 0. The minimum Gasteiger partial charge on any atom is -0.277 e. The first kappa shape index (κ1) is 14.9. The Morgan fingerprint density at radius 3 is 2.24 bits per heavy atom. The summed E-state index contributed by atoms with van der Waals surface area (Å²) in [6.45, 7) is 0. The molecule has 0 unspecified atom stereocenters. The molecule has 0 atom stereocenters. The van der Waals surface area contributed by atoms with Crippen molar-refractivity contribution >= 4 is 21.4 Å². The molecule has 0 fully saturated rings. The van der Waals surface area contributed by atoms with Gasteiger partial charge in [0.25, 0.3) is 10.0 Å². The van der Waals surface area contributed by atoms with Crippen molar-refractivity contribution in [1.29, 1.82) is 0 Å². The van der Waals surface area contributed by atoms with Crippen molar-refractivity contribution in [2.45, 2.75) is 4.90 Å². The Bertz CT molecular complexity index is 794. The van der Waals surface area contributed by atoms with Gasteiger partial charge in [-0.15, -0.1) is 0 Å². The maximum Gasteiger partial charge on any atom is 0.307 e. The standard InChI is InChI=1S/C12H8F2N2O4S/c13-9-7-12(16(17)18)10(14)6-11(9)15-21(19,20)8-4-2-1-3-5-8/h1-7,15H. The number of rotatable bonds is 4. The molecule has 6 nitrogen and oxygen atoms in total. The average molecular weight is 314 g/mol. The van der Waals surface area contributed by atoms with Crippen LogP contribution in [-0.2, 0) is 10.0 Å². The SMILES string of the molecule is O=[N+]([O-])c1cc(F)c(NS(=O)(=O)c2ccccc2)cc1F. The molecule has 0 heterocycles. The number of hydrogen-bond donors (Lipinski definition) is 1. The van der Waals surface area contributed by atoms with Gasteiger partial charge in [0.1, 0.15) is 0 Å². The molecule has 2 aromatic rings. The molecule has 0 aliphatic rings. The monoisotopic (exact) mass is 314 g/mol. The minimum absolute atomic E-state index is 0.150. The maximum atomic E-state index is 13.6. The number of anilines is 1. The number of nitro benzene ring substituents is 1. The van der Waals surface area contributed by atoms with Crippen molar-refractivity contribution in [2.75, 3.05) is 4.72 Å². The predicted octanol–water partition coefficient (Wildman–Crippen LogP) is 2.67. The van der Waals surface area contributed by atoms with Gasteiger partial charge in [-0.1, -0.05) is 18.2 Å². The Morgan fingerprint density at radius 2 is 1.67 bits per heavy atom. The minimum atomic E-state index is -4.11. The largest absolute Gasteiger partial charge is 0.307 e. The van der Waals surface area contributed by atoms with Crippen LogP contribution >= 0.6 is 0 Å².